The first-order chi connectivity index (χ1) is 12.1. The Morgan fingerprint density at radius 3 is 2.68 bits per heavy atom. The highest BCUT2D eigenvalue weighted by Gasteiger charge is 2.37. The third kappa shape index (κ3) is 3.12. The van der Waals surface area contributed by atoms with Gasteiger partial charge < -0.3 is 15.2 Å². The van der Waals surface area contributed by atoms with E-state index in [4.69, 9.17) is 5.73 Å². The van der Waals surface area contributed by atoms with E-state index in [1.54, 1.807) is 6.07 Å². The van der Waals surface area contributed by atoms with Gasteiger partial charge in [-0.3, -0.25) is 9.59 Å². The minimum Gasteiger partial charge on any atom is -0.340 e. The van der Waals surface area contributed by atoms with E-state index in [-0.39, 0.29) is 17.4 Å². The zero-order valence-corrected chi connectivity index (χ0v) is 14.2. The number of hydrogen-bond acceptors (Lipinski definition) is 3. The molecule has 1 amide bonds. The number of nitrogens with zero attached hydrogens (tertiary/aromatic N) is 2. The summed E-state index contributed by atoms with van der Waals surface area (Å²) in [4.78, 5) is 26.8. The molecule has 2 N–H and O–H groups in total. The number of benzene rings is 1. The van der Waals surface area contributed by atoms with E-state index in [0.717, 1.165) is 17.7 Å². The number of pyridine rings is 1. The second-order valence-electron chi connectivity index (χ2n) is 7.24. The van der Waals surface area contributed by atoms with E-state index in [0.29, 0.717) is 32.0 Å². The van der Waals surface area contributed by atoms with Crippen molar-refractivity contribution < 1.29 is 4.79 Å². The molecule has 1 aromatic heterocycles. The van der Waals surface area contributed by atoms with Crippen molar-refractivity contribution in [2.45, 2.75) is 31.3 Å². The normalized spacial score (nSPS) is 23.0. The van der Waals surface area contributed by atoms with Crippen LogP contribution in [0.2, 0.25) is 0 Å². The van der Waals surface area contributed by atoms with Crippen molar-refractivity contribution in [3.63, 3.8) is 0 Å². The van der Waals surface area contributed by atoms with Crippen molar-refractivity contribution >= 4 is 5.91 Å². The van der Waals surface area contributed by atoms with Crippen LogP contribution in [0, 0.1) is 5.92 Å². The molecule has 1 aromatic carbocycles. The maximum atomic E-state index is 12.8. The first-order valence-electron chi connectivity index (χ1n) is 8.90. The Morgan fingerprint density at radius 2 is 1.88 bits per heavy atom. The van der Waals surface area contributed by atoms with Crippen LogP contribution in [0.1, 0.15) is 23.6 Å². The summed E-state index contributed by atoms with van der Waals surface area (Å²) in [6, 6.07) is 14.8. The molecular formula is C20H23N3O2. The van der Waals surface area contributed by atoms with Crippen molar-refractivity contribution in [3.8, 4) is 0 Å². The number of hydrogen-bond donors (Lipinski definition) is 1. The number of amides is 1. The number of rotatable bonds is 3. The molecule has 130 valence electrons. The summed E-state index contributed by atoms with van der Waals surface area (Å²) in [6.45, 7) is 2.04. The fourth-order valence-corrected chi connectivity index (χ4v) is 4.27. The first-order valence-corrected chi connectivity index (χ1v) is 8.90. The minimum atomic E-state index is -0.515. The van der Waals surface area contributed by atoms with Crippen molar-refractivity contribution in [2.75, 3.05) is 13.1 Å². The van der Waals surface area contributed by atoms with E-state index in [1.807, 2.05) is 51.9 Å². The summed E-state index contributed by atoms with van der Waals surface area (Å²) in [5.74, 6) is 0.582. The van der Waals surface area contributed by atoms with Crippen molar-refractivity contribution in [1.29, 1.82) is 0 Å². The van der Waals surface area contributed by atoms with Gasteiger partial charge in [0.2, 0.25) is 5.91 Å². The standard InChI is InChI=1S/C20H23N3O2/c21-17(10-14-5-2-1-3-6-14)20(25)22-11-15-9-16(13-22)18-7-4-8-19(24)23(18)12-15/h1-8,15-17H,9-13,21H2/t15-,16-,17+/m1/s1. The Morgan fingerprint density at radius 1 is 1.08 bits per heavy atom. The van der Waals surface area contributed by atoms with Gasteiger partial charge in [0, 0.05) is 37.3 Å². The van der Waals surface area contributed by atoms with Gasteiger partial charge in [0.25, 0.3) is 5.56 Å². The molecule has 3 heterocycles. The molecule has 4 rings (SSSR count). The Hall–Kier alpha value is -2.40. The fourth-order valence-electron chi connectivity index (χ4n) is 4.27. The average Bonchev–Trinajstić information content (AvgIpc) is 2.63. The summed E-state index contributed by atoms with van der Waals surface area (Å²) < 4.78 is 1.88. The number of piperidine rings is 1. The second-order valence-corrected chi connectivity index (χ2v) is 7.24. The summed E-state index contributed by atoms with van der Waals surface area (Å²) in [5.41, 5.74) is 8.40. The van der Waals surface area contributed by atoms with Crippen molar-refractivity contribution in [1.82, 2.24) is 9.47 Å². The summed E-state index contributed by atoms with van der Waals surface area (Å²) >= 11 is 0. The highest BCUT2D eigenvalue weighted by Crippen LogP contribution is 2.35. The van der Waals surface area contributed by atoms with Gasteiger partial charge in [-0.05, 0) is 30.4 Å². The van der Waals surface area contributed by atoms with E-state index in [9.17, 15) is 9.59 Å². The predicted molar refractivity (Wildman–Crippen MR) is 96.3 cm³/mol. The third-order valence-corrected chi connectivity index (χ3v) is 5.41. The van der Waals surface area contributed by atoms with E-state index >= 15 is 0 Å². The van der Waals surface area contributed by atoms with Gasteiger partial charge in [-0.1, -0.05) is 36.4 Å². The van der Waals surface area contributed by atoms with E-state index in [1.165, 1.54) is 0 Å². The van der Waals surface area contributed by atoms with Gasteiger partial charge in [0.1, 0.15) is 0 Å². The molecule has 0 aliphatic carbocycles. The van der Waals surface area contributed by atoms with Gasteiger partial charge in [-0.15, -0.1) is 0 Å². The maximum Gasteiger partial charge on any atom is 0.250 e. The van der Waals surface area contributed by atoms with Gasteiger partial charge >= 0.3 is 0 Å². The molecule has 1 fully saturated rings. The molecule has 0 unspecified atom stereocenters. The van der Waals surface area contributed by atoms with Gasteiger partial charge in [0.05, 0.1) is 6.04 Å². The van der Waals surface area contributed by atoms with Crippen LogP contribution in [0.25, 0.3) is 0 Å². The Kier molecular flexibility index (Phi) is 4.17. The smallest absolute Gasteiger partial charge is 0.250 e. The molecule has 1 saturated heterocycles. The molecule has 2 aliphatic heterocycles. The molecule has 25 heavy (non-hydrogen) atoms. The average molecular weight is 337 g/mol. The number of carbonyl (C=O) groups is 1. The van der Waals surface area contributed by atoms with Crippen LogP contribution in [0.4, 0.5) is 0 Å². The number of aromatic nitrogens is 1. The molecule has 3 atom stereocenters. The van der Waals surface area contributed by atoms with Crippen LogP contribution in [-0.4, -0.2) is 34.5 Å². The lowest BCUT2D eigenvalue weighted by atomic mass is 9.83. The molecule has 5 nitrogen and oxygen atoms in total. The fraction of sp³-hybridized carbons (Fsp3) is 0.400. The highest BCUT2D eigenvalue weighted by molar-refractivity contribution is 5.82. The Balaban J connectivity index is 1.50. The predicted octanol–water partition coefficient (Wildman–Crippen LogP) is 1.36. The van der Waals surface area contributed by atoms with Crippen LogP contribution in [-0.2, 0) is 17.8 Å². The molecule has 5 heteroatoms. The summed E-state index contributed by atoms with van der Waals surface area (Å²) in [6.07, 6.45) is 1.60. The molecule has 0 spiro atoms. The van der Waals surface area contributed by atoms with Crippen LogP contribution < -0.4 is 11.3 Å². The zero-order valence-electron chi connectivity index (χ0n) is 14.2. The maximum absolute atomic E-state index is 12.8. The molecule has 2 aliphatic rings. The zero-order chi connectivity index (χ0) is 17.4. The third-order valence-electron chi connectivity index (χ3n) is 5.41. The molecule has 0 saturated carbocycles. The lowest BCUT2D eigenvalue weighted by molar-refractivity contribution is -0.135. The quantitative estimate of drug-likeness (QED) is 0.920. The first kappa shape index (κ1) is 16.1. The lowest BCUT2D eigenvalue weighted by Crippen LogP contribution is -2.53. The molecular weight excluding hydrogens is 314 g/mol. The van der Waals surface area contributed by atoms with Crippen LogP contribution in [0.5, 0.6) is 0 Å². The van der Waals surface area contributed by atoms with E-state index in [2.05, 4.69) is 0 Å². The summed E-state index contributed by atoms with van der Waals surface area (Å²) in [5, 5.41) is 0. The number of nitrogens with two attached hydrogens (primary N) is 1. The van der Waals surface area contributed by atoms with E-state index < -0.39 is 6.04 Å². The number of likely N-dealkylation sites (tertiary alicyclic amines) is 1. The van der Waals surface area contributed by atoms with Gasteiger partial charge in [-0.2, -0.15) is 0 Å². The van der Waals surface area contributed by atoms with Crippen molar-refractivity contribution in [2.24, 2.45) is 11.7 Å². The largest absolute Gasteiger partial charge is 0.340 e. The summed E-state index contributed by atoms with van der Waals surface area (Å²) in [7, 11) is 0. The molecule has 2 bridgehead atoms. The van der Waals surface area contributed by atoms with Crippen molar-refractivity contribution in [3.05, 3.63) is 70.1 Å². The molecule has 2 aromatic rings. The highest BCUT2D eigenvalue weighted by atomic mass is 16.2. The van der Waals surface area contributed by atoms with Gasteiger partial charge in [-0.25, -0.2) is 0 Å². The monoisotopic (exact) mass is 337 g/mol. The Labute approximate surface area is 147 Å². The number of carbonyl (C=O) groups excluding carboxylic acids is 1. The topological polar surface area (TPSA) is 68.3 Å². The lowest BCUT2D eigenvalue weighted by Gasteiger charge is -2.43. The van der Waals surface area contributed by atoms with Gasteiger partial charge in [0.15, 0.2) is 0 Å². The van der Waals surface area contributed by atoms with Crippen LogP contribution >= 0.6 is 0 Å². The SMILES string of the molecule is N[C@@H](Cc1ccccc1)C(=O)N1C[C@H]2C[C@H](C1)c1cccc(=O)n1C2. The number of fused-ring (bicyclic) bond motifs is 4. The van der Waals surface area contributed by atoms with Crippen LogP contribution in [0.15, 0.2) is 53.3 Å². The van der Waals surface area contributed by atoms with Crippen LogP contribution in [0.3, 0.4) is 0 Å². The minimum absolute atomic E-state index is 0.0188. The second kappa shape index (κ2) is 6.48. The Bertz CT molecular complexity index is 830. The molecule has 0 radical (unpaired) electrons.